The smallest absolute Gasteiger partial charge is 0.255 e. The minimum absolute atomic E-state index is 0.150. The summed E-state index contributed by atoms with van der Waals surface area (Å²) in [6.07, 6.45) is 1.37. The molecule has 0 unspecified atom stereocenters. The Morgan fingerprint density at radius 1 is 1.70 bits per heavy atom. The van der Waals surface area contributed by atoms with Crippen molar-refractivity contribution in [3.8, 4) is 5.75 Å². The fourth-order valence-electron chi connectivity index (χ4n) is 0.589. The molecule has 1 radical (unpaired) electrons. The molecule has 0 bridgehead atoms. The van der Waals surface area contributed by atoms with E-state index in [1.807, 2.05) is 0 Å². The topological polar surface area (TPSA) is 22.1 Å². The summed E-state index contributed by atoms with van der Waals surface area (Å²) >= 11 is 0. The Labute approximate surface area is 58.7 Å². The molecule has 3 heteroatoms. The fraction of sp³-hybridized carbons (Fsp3) is 0.143. The van der Waals surface area contributed by atoms with E-state index in [1.165, 1.54) is 12.3 Å². The predicted molar refractivity (Wildman–Crippen MR) is 35.0 cm³/mol. The second-order valence-corrected chi connectivity index (χ2v) is 1.64. The normalized spacial score (nSPS) is 9.40. The van der Waals surface area contributed by atoms with Crippen LogP contribution in [0.2, 0.25) is 0 Å². The van der Waals surface area contributed by atoms with E-state index in [4.69, 9.17) is 4.74 Å². The molecule has 1 aromatic rings. The molecular weight excluding hydrogens is 133 g/mol. The van der Waals surface area contributed by atoms with Gasteiger partial charge in [-0.2, -0.15) is 4.39 Å². The molecule has 1 heterocycles. The third kappa shape index (κ3) is 1.43. The lowest BCUT2D eigenvalue weighted by Crippen LogP contribution is -1.95. The van der Waals surface area contributed by atoms with E-state index >= 15 is 0 Å². The lowest BCUT2D eigenvalue weighted by atomic mass is 10.4. The van der Waals surface area contributed by atoms with Crippen LogP contribution >= 0.6 is 0 Å². The van der Waals surface area contributed by atoms with Gasteiger partial charge in [0.2, 0.25) is 0 Å². The molecule has 0 aliphatic rings. The van der Waals surface area contributed by atoms with Gasteiger partial charge in [-0.3, -0.25) is 0 Å². The summed E-state index contributed by atoms with van der Waals surface area (Å²) in [4.78, 5) is 3.38. The van der Waals surface area contributed by atoms with E-state index in [1.54, 1.807) is 6.07 Å². The van der Waals surface area contributed by atoms with E-state index in [9.17, 15) is 4.39 Å². The van der Waals surface area contributed by atoms with E-state index in [-0.39, 0.29) is 12.4 Å². The number of rotatable bonds is 2. The van der Waals surface area contributed by atoms with Gasteiger partial charge in [0.15, 0.2) is 5.75 Å². The molecule has 0 saturated carbocycles. The zero-order chi connectivity index (χ0) is 7.40. The highest BCUT2D eigenvalue weighted by Crippen LogP contribution is 2.11. The van der Waals surface area contributed by atoms with Gasteiger partial charge in [-0.15, -0.1) is 0 Å². The average molecular weight is 140 g/mol. The summed E-state index contributed by atoms with van der Waals surface area (Å²) < 4.78 is 17.3. The van der Waals surface area contributed by atoms with Crippen LogP contribution in [0.15, 0.2) is 18.3 Å². The summed E-state index contributed by atoms with van der Waals surface area (Å²) in [6.45, 7) is 3.62. The molecule has 0 fully saturated rings. The van der Waals surface area contributed by atoms with Gasteiger partial charge in [0.05, 0.1) is 6.61 Å². The van der Waals surface area contributed by atoms with Crippen LogP contribution in [0.5, 0.6) is 5.75 Å². The van der Waals surface area contributed by atoms with Crippen LogP contribution in [-0.2, 0) is 0 Å². The summed E-state index contributed by atoms with van der Waals surface area (Å²) in [7, 11) is 0. The van der Waals surface area contributed by atoms with E-state index in [2.05, 4.69) is 11.9 Å². The molecule has 0 aliphatic heterocycles. The molecule has 0 atom stereocenters. The molecule has 0 aromatic carbocycles. The number of nitrogens with zero attached hydrogens (tertiary/aromatic N) is 1. The highest BCUT2D eigenvalue weighted by Gasteiger charge is 1.99. The van der Waals surface area contributed by atoms with Crippen molar-refractivity contribution in [1.82, 2.24) is 4.98 Å². The van der Waals surface area contributed by atoms with Gasteiger partial charge in [0, 0.05) is 6.20 Å². The molecule has 0 saturated heterocycles. The Hall–Kier alpha value is -1.12. The highest BCUT2D eigenvalue weighted by atomic mass is 19.1. The lowest BCUT2D eigenvalue weighted by Gasteiger charge is -2.00. The second-order valence-electron chi connectivity index (χ2n) is 1.64. The summed E-state index contributed by atoms with van der Waals surface area (Å²) in [5, 5.41) is 0. The second kappa shape index (κ2) is 3.15. The van der Waals surface area contributed by atoms with Crippen LogP contribution in [0, 0.1) is 12.9 Å². The summed E-state index contributed by atoms with van der Waals surface area (Å²) in [5.74, 6) is -0.441. The third-order valence-electron chi connectivity index (χ3n) is 0.982. The summed E-state index contributed by atoms with van der Waals surface area (Å²) in [6, 6.07) is 3.11. The number of halogens is 1. The average Bonchev–Trinajstić information content (AvgIpc) is 1.94. The number of pyridine rings is 1. The molecule has 0 aliphatic carbocycles. The van der Waals surface area contributed by atoms with Gasteiger partial charge >= 0.3 is 0 Å². The van der Waals surface area contributed by atoms with Crippen molar-refractivity contribution < 1.29 is 9.13 Å². The van der Waals surface area contributed by atoms with Crippen LogP contribution in [-0.4, -0.2) is 11.6 Å². The molecule has 1 rings (SSSR count). The molecule has 0 amide bonds. The molecule has 0 spiro atoms. The standard InChI is InChI=1S/C7H7FNO/c1-2-10-6-4-3-5-9-7(6)8/h3-5H,1-2H2. The Morgan fingerprint density at radius 3 is 3.10 bits per heavy atom. The van der Waals surface area contributed by atoms with Crippen LogP contribution in [0.3, 0.4) is 0 Å². The highest BCUT2D eigenvalue weighted by molar-refractivity contribution is 5.17. The molecule has 10 heavy (non-hydrogen) atoms. The van der Waals surface area contributed by atoms with Crippen LogP contribution in [0.1, 0.15) is 0 Å². The van der Waals surface area contributed by atoms with Gasteiger partial charge in [-0.1, -0.05) is 0 Å². The van der Waals surface area contributed by atoms with Crippen molar-refractivity contribution in [2.75, 3.05) is 6.61 Å². The quantitative estimate of drug-likeness (QED) is 0.580. The van der Waals surface area contributed by atoms with Crippen molar-refractivity contribution in [3.63, 3.8) is 0 Å². The third-order valence-corrected chi connectivity index (χ3v) is 0.982. The Kier molecular flexibility index (Phi) is 2.20. The van der Waals surface area contributed by atoms with Gasteiger partial charge in [0.25, 0.3) is 5.95 Å². The van der Waals surface area contributed by atoms with Crippen molar-refractivity contribution >= 4 is 0 Å². The fourth-order valence-corrected chi connectivity index (χ4v) is 0.589. The van der Waals surface area contributed by atoms with Crippen molar-refractivity contribution in [2.24, 2.45) is 0 Å². The first-order valence-electron chi connectivity index (χ1n) is 2.87. The van der Waals surface area contributed by atoms with Gasteiger partial charge in [-0.05, 0) is 19.1 Å². The molecule has 0 N–H and O–H groups in total. The lowest BCUT2D eigenvalue weighted by molar-refractivity contribution is 0.334. The Balaban J connectivity index is 2.81. The zero-order valence-corrected chi connectivity index (χ0v) is 5.38. The van der Waals surface area contributed by atoms with Gasteiger partial charge in [-0.25, -0.2) is 4.98 Å². The van der Waals surface area contributed by atoms with E-state index < -0.39 is 5.95 Å². The molecular formula is C7H7FNO. The molecule has 2 nitrogen and oxygen atoms in total. The number of aromatic nitrogens is 1. The summed E-state index contributed by atoms with van der Waals surface area (Å²) in [5.41, 5.74) is 0. The van der Waals surface area contributed by atoms with E-state index in [0.717, 1.165) is 0 Å². The van der Waals surface area contributed by atoms with Gasteiger partial charge in [0.1, 0.15) is 0 Å². The maximum atomic E-state index is 12.5. The minimum atomic E-state index is -0.592. The number of hydrogen-bond donors (Lipinski definition) is 0. The first kappa shape index (κ1) is 6.99. The van der Waals surface area contributed by atoms with Crippen molar-refractivity contribution in [2.45, 2.75) is 0 Å². The maximum absolute atomic E-state index is 12.5. The SMILES string of the molecule is [CH2]COc1cccnc1F. The van der Waals surface area contributed by atoms with Gasteiger partial charge < -0.3 is 4.74 Å². The predicted octanol–water partition coefficient (Wildman–Crippen LogP) is 1.43. The van der Waals surface area contributed by atoms with Crippen LogP contribution in [0.4, 0.5) is 4.39 Å². The molecule has 53 valence electrons. The van der Waals surface area contributed by atoms with E-state index in [0.29, 0.717) is 0 Å². The Bertz CT molecular complexity index is 215. The Morgan fingerprint density at radius 2 is 2.50 bits per heavy atom. The van der Waals surface area contributed by atoms with Crippen molar-refractivity contribution in [3.05, 3.63) is 31.2 Å². The zero-order valence-electron chi connectivity index (χ0n) is 5.38. The first-order valence-corrected chi connectivity index (χ1v) is 2.87. The first-order chi connectivity index (χ1) is 4.84. The van der Waals surface area contributed by atoms with Crippen molar-refractivity contribution in [1.29, 1.82) is 0 Å². The number of hydrogen-bond acceptors (Lipinski definition) is 2. The van der Waals surface area contributed by atoms with Crippen LogP contribution in [0.25, 0.3) is 0 Å². The maximum Gasteiger partial charge on any atom is 0.255 e. The number of ether oxygens (including phenoxy) is 1. The van der Waals surface area contributed by atoms with Crippen LogP contribution < -0.4 is 4.74 Å². The minimum Gasteiger partial charge on any atom is -0.489 e. The monoisotopic (exact) mass is 140 g/mol. The molecule has 1 aromatic heterocycles. The largest absolute Gasteiger partial charge is 0.489 e.